The van der Waals surface area contributed by atoms with Crippen molar-refractivity contribution < 1.29 is 14.3 Å². The molecule has 2 aliphatic rings. The first kappa shape index (κ1) is 8.60. The van der Waals surface area contributed by atoms with Crippen molar-refractivity contribution in [3.63, 3.8) is 0 Å². The van der Waals surface area contributed by atoms with Gasteiger partial charge in [-0.2, -0.15) is 0 Å². The Morgan fingerprint density at radius 1 is 1.62 bits per heavy atom. The number of methoxy groups -OCH3 is 1. The molecule has 0 unspecified atom stereocenters. The van der Waals surface area contributed by atoms with E-state index in [4.69, 9.17) is 4.74 Å². The second kappa shape index (κ2) is 3.40. The first-order valence-corrected chi connectivity index (χ1v) is 4.76. The molecular weight excluding hydrogens is 168 g/mol. The fraction of sp³-hybridized carbons (Fsp3) is 0.700. The first-order valence-electron chi connectivity index (χ1n) is 4.76. The van der Waals surface area contributed by atoms with E-state index in [9.17, 15) is 4.79 Å². The van der Waals surface area contributed by atoms with Crippen LogP contribution in [0.4, 0.5) is 0 Å². The van der Waals surface area contributed by atoms with Crippen LogP contribution in [0.2, 0.25) is 0 Å². The van der Waals surface area contributed by atoms with Gasteiger partial charge >= 0.3 is 5.97 Å². The minimum atomic E-state index is -0.342. The number of hydrogen-bond donors (Lipinski definition) is 0. The summed E-state index contributed by atoms with van der Waals surface area (Å²) in [5, 5.41) is 0. The van der Waals surface area contributed by atoms with Crippen molar-refractivity contribution in [3.05, 3.63) is 11.8 Å². The Morgan fingerprint density at radius 2 is 2.46 bits per heavy atom. The summed E-state index contributed by atoms with van der Waals surface area (Å²) < 4.78 is 10.2. The second-order valence-electron chi connectivity index (χ2n) is 3.64. The van der Waals surface area contributed by atoms with Gasteiger partial charge in [-0.3, -0.25) is 0 Å². The highest BCUT2D eigenvalue weighted by atomic mass is 16.6. The predicted molar refractivity (Wildman–Crippen MR) is 46.9 cm³/mol. The molecule has 72 valence electrons. The molecule has 1 aliphatic carbocycles. The monoisotopic (exact) mass is 182 g/mol. The molecule has 0 radical (unpaired) electrons. The summed E-state index contributed by atoms with van der Waals surface area (Å²) in [6, 6.07) is 0. The van der Waals surface area contributed by atoms with Crippen LogP contribution in [0, 0.1) is 5.92 Å². The van der Waals surface area contributed by atoms with Gasteiger partial charge in [0, 0.05) is 0 Å². The van der Waals surface area contributed by atoms with Crippen molar-refractivity contribution >= 4 is 5.97 Å². The molecule has 1 saturated carbocycles. The van der Waals surface area contributed by atoms with Crippen LogP contribution in [0.25, 0.3) is 0 Å². The smallest absolute Gasteiger partial charge is 0.372 e. The molecule has 0 aromatic rings. The number of esters is 1. The zero-order valence-electron chi connectivity index (χ0n) is 7.79. The Labute approximate surface area is 77.7 Å². The second-order valence-corrected chi connectivity index (χ2v) is 3.64. The van der Waals surface area contributed by atoms with E-state index in [0.717, 1.165) is 12.8 Å². The average molecular weight is 182 g/mol. The van der Waals surface area contributed by atoms with Crippen molar-refractivity contribution in [3.8, 4) is 0 Å². The number of rotatable bonds is 1. The average Bonchev–Trinajstić information content (AvgIpc) is 2.63. The van der Waals surface area contributed by atoms with Gasteiger partial charge in [-0.15, -0.1) is 0 Å². The first-order chi connectivity index (χ1) is 6.31. The van der Waals surface area contributed by atoms with Gasteiger partial charge in [-0.1, -0.05) is 0 Å². The van der Waals surface area contributed by atoms with E-state index >= 15 is 0 Å². The molecule has 1 heterocycles. The van der Waals surface area contributed by atoms with E-state index in [1.54, 1.807) is 0 Å². The molecule has 1 aliphatic heterocycles. The lowest BCUT2D eigenvalue weighted by Gasteiger charge is -2.25. The van der Waals surface area contributed by atoms with Gasteiger partial charge in [0.05, 0.1) is 7.11 Å². The molecule has 0 aromatic carbocycles. The highest BCUT2D eigenvalue weighted by molar-refractivity contribution is 5.86. The molecule has 0 bridgehead atoms. The summed E-state index contributed by atoms with van der Waals surface area (Å²) in [4.78, 5) is 11.1. The molecule has 0 N–H and O–H groups in total. The number of ether oxygens (including phenoxy) is 2. The highest BCUT2D eigenvalue weighted by Crippen LogP contribution is 2.36. The summed E-state index contributed by atoms with van der Waals surface area (Å²) in [5.41, 5.74) is 0. The molecule has 0 aromatic heterocycles. The Balaban J connectivity index is 2.04. The third-order valence-electron chi connectivity index (χ3n) is 2.86. The van der Waals surface area contributed by atoms with Gasteiger partial charge in [-0.05, 0) is 37.7 Å². The standard InChI is InChI=1S/C10H14O3/c1-12-10(11)9-6-5-7-3-2-4-8(7)13-9/h6-8H,2-5H2,1H3/t7-,8-/m0/s1. The molecule has 3 heteroatoms. The summed E-state index contributed by atoms with van der Waals surface area (Å²) in [5.74, 6) is 0.699. The lowest BCUT2D eigenvalue weighted by molar-refractivity contribution is -0.142. The molecule has 3 nitrogen and oxygen atoms in total. The van der Waals surface area contributed by atoms with E-state index in [1.807, 2.05) is 6.08 Å². The summed E-state index contributed by atoms with van der Waals surface area (Å²) in [6.45, 7) is 0. The van der Waals surface area contributed by atoms with Crippen molar-refractivity contribution in [1.29, 1.82) is 0 Å². The van der Waals surface area contributed by atoms with Crippen molar-refractivity contribution in [1.82, 2.24) is 0 Å². The Bertz CT molecular complexity index is 245. The lowest BCUT2D eigenvalue weighted by Crippen LogP contribution is -2.25. The molecule has 13 heavy (non-hydrogen) atoms. The number of allylic oxidation sites excluding steroid dienone is 1. The molecule has 0 saturated heterocycles. The Kier molecular flexibility index (Phi) is 2.25. The van der Waals surface area contributed by atoms with Crippen LogP contribution in [-0.4, -0.2) is 19.2 Å². The molecule has 2 rings (SSSR count). The van der Waals surface area contributed by atoms with Crippen LogP contribution in [0.1, 0.15) is 25.7 Å². The van der Waals surface area contributed by atoms with Gasteiger partial charge in [0.15, 0.2) is 0 Å². The quantitative estimate of drug-likeness (QED) is 0.578. The maximum absolute atomic E-state index is 11.1. The zero-order chi connectivity index (χ0) is 9.26. The van der Waals surface area contributed by atoms with E-state index < -0.39 is 0 Å². The highest BCUT2D eigenvalue weighted by Gasteiger charge is 2.33. The van der Waals surface area contributed by atoms with Gasteiger partial charge in [0.1, 0.15) is 6.10 Å². The Hall–Kier alpha value is -0.990. The Morgan fingerprint density at radius 3 is 3.23 bits per heavy atom. The fourth-order valence-electron chi connectivity index (χ4n) is 2.13. The van der Waals surface area contributed by atoms with Crippen molar-refractivity contribution in [2.75, 3.05) is 7.11 Å². The minimum Gasteiger partial charge on any atom is -0.483 e. The van der Waals surface area contributed by atoms with E-state index in [-0.39, 0.29) is 12.1 Å². The lowest BCUT2D eigenvalue weighted by atomic mass is 9.99. The summed E-state index contributed by atoms with van der Waals surface area (Å²) in [6.07, 6.45) is 6.62. The van der Waals surface area contributed by atoms with Gasteiger partial charge in [0.2, 0.25) is 5.76 Å². The molecule has 1 fully saturated rings. The summed E-state index contributed by atoms with van der Waals surface area (Å²) in [7, 11) is 1.38. The largest absolute Gasteiger partial charge is 0.483 e. The molecule has 0 amide bonds. The van der Waals surface area contributed by atoms with Crippen LogP contribution in [0.3, 0.4) is 0 Å². The normalized spacial score (nSPS) is 31.6. The fourth-order valence-corrected chi connectivity index (χ4v) is 2.13. The maximum atomic E-state index is 11.1. The van der Waals surface area contributed by atoms with E-state index in [2.05, 4.69) is 4.74 Å². The summed E-state index contributed by atoms with van der Waals surface area (Å²) >= 11 is 0. The predicted octanol–water partition coefficient (Wildman–Crippen LogP) is 1.63. The van der Waals surface area contributed by atoms with Crippen LogP contribution in [0.5, 0.6) is 0 Å². The van der Waals surface area contributed by atoms with Crippen LogP contribution in [-0.2, 0) is 14.3 Å². The van der Waals surface area contributed by atoms with E-state index in [0.29, 0.717) is 11.7 Å². The third kappa shape index (κ3) is 1.55. The number of hydrogen-bond acceptors (Lipinski definition) is 3. The zero-order valence-corrected chi connectivity index (χ0v) is 7.79. The van der Waals surface area contributed by atoms with Gasteiger partial charge in [-0.25, -0.2) is 4.79 Å². The molecular formula is C10H14O3. The van der Waals surface area contributed by atoms with Crippen LogP contribution in [0.15, 0.2) is 11.8 Å². The van der Waals surface area contributed by atoms with Gasteiger partial charge < -0.3 is 9.47 Å². The maximum Gasteiger partial charge on any atom is 0.372 e. The number of fused-ring (bicyclic) bond motifs is 1. The number of carbonyl (C=O) groups is 1. The molecule has 0 spiro atoms. The SMILES string of the molecule is COC(=O)C1=CC[C@@H]2CCC[C@@H]2O1. The van der Waals surface area contributed by atoms with Crippen molar-refractivity contribution in [2.45, 2.75) is 31.8 Å². The topological polar surface area (TPSA) is 35.5 Å². The molecule has 2 atom stereocenters. The number of carbonyl (C=O) groups excluding carboxylic acids is 1. The van der Waals surface area contributed by atoms with Crippen LogP contribution >= 0.6 is 0 Å². The van der Waals surface area contributed by atoms with E-state index in [1.165, 1.54) is 20.0 Å². The van der Waals surface area contributed by atoms with Gasteiger partial charge in [0.25, 0.3) is 0 Å². The van der Waals surface area contributed by atoms with Crippen molar-refractivity contribution in [2.24, 2.45) is 5.92 Å². The van der Waals surface area contributed by atoms with Crippen LogP contribution < -0.4 is 0 Å². The minimum absolute atomic E-state index is 0.263. The third-order valence-corrected chi connectivity index (χ3v) is 2.86.